The molecule has 0 radical (unpaired) electrons. The predicted octanol–water partition coefficient (Wildman–Crippen LogP) is -1.45. The van der Waals surface area contributed by atoms with Gasteiger partial charge >= 0.3 is 0 Å². The minimum absolute atomic E-state index is 0.236. The summed E-state index contributed by atoms with van der Waals surface area (Å²) in [6.45, 7) is -0.236. The Kier molecular flexibility index (Phi) is 1.91. The summed E-state index contributed by atoms with van der Waals surface area (Å²) in [5, 5.41) is 37.9. The second-order valence-electron chi connectivity index (χ2n) is 3.88. The predicted molar refractivity (Wildman–Crippen MR) is 41.4 cm³/mol. The SMILES string of the molecule is OC1COC(O)(C2CCC2)C1(O)O. The van der Waals surface area contributed by atoms with Crippen LogP contribution < -0.4 is 0 Å². The minimum Gasteiger partial charge on any atom is -0.385 e. The molecule has 5 heteroatoms. The van der Waals surface area contributed by atoms with Gasteiger partial charge in [-0.15, -0.1) is 0 Å². The molecule has 0 bridgehead atoms. The number of ether oxygens (including phenoxy) is 1. The van der Waals surface area contributed by atoms with Crippen molar-refractivity contribution in [1.82, 2.24) is 0 Å². The Morgan fingerprint density at radius 2 is 1.77 bits per heavy atom. The van der Waals surface area contributed by atoms with Gasteiger partial charge in [0.05, 0.1) is 6.61 Å². The van der Waals surface area contributed by atoms with Crippen LogP contribution in [0.5, 0.6) is 0 Å². The molecular formula is C8H14O5. The van der Waals surface area contributed by atoms with Crippen LogP contribution in [0.15, 0.2) is 0 Å². The summed E-state index contributed by atoms with van der Waals surface area (Å²) in [6.07, 6.45) is 0.916. The molecule has 1 heterocycles. The average molecular weight is 190 g/mol. The average Bonchev–Trinajstić information content (AvgIpc) is 2.11. The Balaban J connectivity index is 2.21. The van der Waals surface area contributed by atoms with E-state index in [2.05, 4.69) is 0 Å². The van der Waals surface area contributed by atoms with E-state index in [0.29, 0.717) is 12.8 Å². The van der Waals surface area contributed by atoms with Gasteiger partial charge in [0.15, 0.2) is 0 Å². The molecule has 76 valence electrons. The Bertz CT molecular complexity index is 213. The van der Waals surface area contributed by atoms with E-state index >= 15 is 0 Å². The van der Waals surface area contributed by atoms with Crippen molar-refractivity contribution in [3.8, 4) is 0 Å². The molecule has 2 unspecified atom stereocenters. The van der Waals surface area contributed by atoms with Gasteiger partial charge in [-0.1, -0.05) is 6.42 Å². The van der Waals surface area contributed by atoms with E-state index in [9.17, 15) is 20.4 Å². The van der Waals surface area contributed by atoms with Crippen molar-refractivity contribution in [1.29, 1.82) is 0 Å². The maximum atomic E-state index is 9.83. The van der Waals surface area contributed by atoms with Crippen LogP contribution in [0, 0.1) is 5.92 Å². The van der Waals surface area contributed by atoms with Crippen LogP contribution in [0.4, 0.5) is 0 Å². The van der Waals surface area contributed by atoms with Crippen LogP contribution in [0.25, 0.3) is 0 Å². The van der Waals surface area contributed by atoms with E-state index in [4.69, 9.17) is 4.74 Å². The number of hydrogen-bond acceptors (Lipinski definition) is 5. The molecule has 1 aliphatic carbocycles. The fourth-order valence-corrected chi connectivity index (χ4v) is 1.88. The largest absolute Gasteiger partial charge is 0.385 e. The third kappa shape index (κ3) is 1.05. The van der Waals surface area contributed by atoms with Crippen LogP contribution >= 0.6 is 0 Å². The molecule has 0 aromatic heterocycles. The number of aliphatic hydroxyl groups excluding tert-OH is 1. The second kappa shape index (κ2) is 2.65. The quantitative estimate of drug-likeness (QED) is 0.380. The highest BCUT2D eigenvalue weighted by molar-refractivity contribution is 5.01. The molecule has 1 saturated heterocycles. The summed E-state index contributed by atoms with van der Waals surface area (Å²) in [5.74, 6) is -4.79. The van der Waals surface area contributed by atoms with Crippen molar-refractivity contribution in [3.05, 3.63) is 0 Å². The van der Waals surface area contributed by atoms with Crippen LogP contribution in [0.1, 0.15) is 19.3 Å². The molecule has 1 aliphatic heterocycles. The summed E-state index contributed by atoms with van der Waals surface area (Å²) in [5.41, 5.74) is 0. The molecule has 1 saturated carbocycles. The Hall–Kier alpha value is -0.200. The molecule has 2 aliphatic rings. The molecule has 0 amide bonds. The van der Waals surface area contributed by atoms with Gasteiger partial charge in [-0.3, -0.25) is 0 Å². The van der Waals surface area contributed by atoms with E-state index < -0.39 is 17.7 Å². The number of aliphatic hydroxyl groups is 4. The van der Waals surface area contributed by atoms with Gasteiger partial charge < -0.3 is 25.2 Å². The normalized spacial score (nSPS) is 44.8. The lowest BCUT2D eigenvalue weighted by Crippen LogP contribution is -2.61. The van der Waals surface area contributed by atoms with Crippen molar-refractivity contribution in [2.45, 2.75) is 36.9 Å². The van der Waals surface area contributed by atoms with Crippen molar-refractivity contribution in [2.24, 2.45) is 5.92 Å². The summed E-state index contributed by atoms with van der Waals surface area (Å²) in [6, 6.07) is 0. The zero-order valence-electron chi connectivity index (χ0n) is 7.18. The molecule has 0 aromatic carbocycles. The zero-order valence-corrected chi connectivity index (χ0v) is 7.18. The van der Waals surface area contributed by atoms with E-state index in [-0.39, 0.29) is 12.5 Å². The minimum atomic E-state index is -2.53. The maximum absolute atomic E-state index is 9.83. The van der Waals surface area contributed by atoms with Gasteiger partial charge in [0, 0.05) is 5.92 Å². The van der Waals surface area contributed by atoms with E-state index in [1.807, 2.05) is 0 Å². The van der Waals surface area contributed by atoms with Crippen LogP contribution in [0.2, 0.25) is 0 Å². The lowest BCUT2D eigenvalue weighted by molar-refractivity contribution is -0.369. The first-order chi connectivity index (χ1) is 5.98. The molecular weight excluding hydrogens is 176 g/mol. The third-order valence-corrected chi connectivity index (χ3v) is 3.11. The first-order valence-electron chi connectivity index (χ1n) is 4.47. The van der Waals surface area contributed by atoms with Gasteiger partial charge in [-0.2, -0.15) is 0 Å². The summed E-state index contributed by atoms with van der Waals surface area (Å²) in [7, 11) is 0. The van der Waals surface area contributed by atoms with Crippen molar-refractivity contribution < 1.29 is 25.2 Å². The van der Waals surface area contributed by atoms with Crippen LogP contribution in [-0.2, 0) is 4.74 Å². The molecule has 13 heavy (non-hydrogen) atoms. The smallest absolute Gasteiger partial charge is 0.248 e. The third-order valence-electron chi connectivity index (χ3n) is 3.11. The second-order valence-corrected chi connectivity index (χ2v) is 3.88. The Labute approximate surface area is 75.6 Å². The van der Waals surface area contributed by atoms with E-state index in [1.54, 1.807) is 0 Å². The van der Waals surface area contributed by atoms with E-state index in [1.165, 1.54) is 0 Å². The summed E-state index contributed by atoms with van der Waals surface area (Å²) < 4.78 is 4.88. The lowest BCUT2D eigenvalue weighted by atomic mass is 9.75. The van der Waals surface area contributed by atoms with Gasteiger partial charge in [0.2, 0.25) is 11.6 Å². The highest BCUT2D eigenvalue weighted by Gasteiger charge is 2.64. The van der Waals surface area contributed by atoms with Crippen LogP contribution in [0.3, 0.4) is 0 Å². The Morgan fingerprint density at radius 1 is 1.15 bits per heavy atom. The number of hydrogen-bond donors (Lipinski definition) is 4. The first kappa shape index (κ1) is 9.36. The van der Waals surface area contributed by atoms with E-state index in [0.717, 1.165) is 6.42 Å². The molecule has 0 aromatic rings. The van der Waals surface area contributed by atoms with Crippen LogP contribution in [-0.4, -0.2) is 44.7 Å². The maximum Gasteiger partial charge on any atom is 0.248 e. The fraction of sp³-hybridized carbons (Fsp3) is 1.00. The fourth-order valence-electron chi connectivity index (χ4n) is 1.88. The summed E-state index contributed by atoms with van der Waals surface area (Å²) >= 11 is 0. The molecule has 0 spiro atoms. The molecule has 4 N–H and O–H groups in total. The standard InChI is InChI=1S/C8H14O5/c9-6-4-13-8(12,7(6,10)11)5-2-1-3-5/h5-6,9-12H,1-4H2. The van der Waals surface area contributed by atoms with Crippen molar-refractivity contribution >= 4 is 0 Å². The zero-order chi connectivity index (χ0) is 9.69. The topological polar surface area (TPSA) is 90.2 Å². The van der Waals surface area contributed by atoms with Gasteiger partial charge in [0.25, 0.3) is 0 Å². The van der Waals surface area contributed by atoms with Crippen molar-refractivity contribution in [3.63, 3.8) is 0 Å². The van der Waals surface area contributed by atoms with Gasteiger partial charge in [-0.25, -0.2) is 0 Å². The van der Waals surface area contributed by atoms with Gasteiger partial charge in [0.1, 0.15) is 6.10 Å². The molecule has 2 atom stereocenters. The molecule has 5 nitrogen and oxygen atoms in total. The monoisotopic (exact) mass is 190 g/mol. The lowest BCUT2D eigenvalue weighted by Gasteiger charge is -2.43. The highest BCUT2D eigenvalue weighted by Crippen LogP contribution is 2.46. The number of rotatable bonds is 1. The highest BCUT2D eigenvalue weighted by atomic mass is 16.7. The Morgan fingerprint density at radius 3 is 2.08 bits per heavy atom. The summed E-state index contributed by atoms with van der Waals surface area (Å²) in [4.78, 5) is 0. The molecule has 2 fully saturated rings. The first-order valence-corrected chi connectivity index (χ1v) is 4.47. The van der Waals surface area contributed by atoms with Gasteiger partial charge in [-0.05, 0) is 12.8 Å². The van der Waals surface area contributed by atoms with Crippen molar-refractivity contribution in [2.75, 3.05) is 6.61 Å². The molecule has 2 rings (SSSR count).